The minimum absolute atomic E-state index is 0.553. The standard InChI is InChI=1S/C22H22/c1-2-7-20(21-14-12-16-8-3-5-10-18(16)21)22-15-13-17-9-4-6-11-19(17)22/h3-6,8-15,20-22H,2,7H2,1H3. The summed E-state index contributed by atoms with van der Waals surface area (Å²) in [5, 5.41) is 0. The highest BCUT2D eigenvalue weighted by molar-refractivity contribution is 5.65. The van der Waals surface area contributed by atoms with E-state index in [9.17, 15) is 0 Å². The third-order valence-corrected chi connectivity index (χ3v) is 5.22. The molecule has 0 heteroatoms. The van der Waals surface area contributed by atoms with Crippen LogP contribution in [0.2, 0.25) is 0 Å². The van der Waals surface area contributed by atoms with Gasteiger partial charge >= 0.3 is 0 Å². The van der Waals surface area contributed by atoms with E-state index >= 15 is 0 Å². The van der Waals surface area contributed by atoms with E-state index in [4.69, 9.17) is 0 Å². The number of fused-ring (bicyclic) bond motifs is 2. The van der Waals surface area contributed by atoms with Crippen LogP contribution in [0.1, 0.15) is 53.9 Å². The van der Waals surface area contributed by atoms with E-state index in [1.165, 1.54) is 35.1 Å². The van der Waals surface area contributed by atoms with Crippen LogP contribution in [0.15, 0.2) is 60.7 Å². The van der Waals surface area contributed by atoms with Gasteiger partial charge < -0.3 is 0 Å². The van der Waals surface area contributed by atoms with Crippen molar-refractivity contribution in [3.05, 3.63) is 82.9 Å². The van der Waals surface area contributed by atoms with Gasteiger partial charge in [-0.1, -0.05) is 86.2 Å². The lowest BCUT2D eigenvalue weighted by atomic mass is 9.74. The molecule has 0 fully saturated rings. The van der Waals surface area contributed by atoms with Gasteiger partial charge in [-0.2, -0.15) is 0 Å². The Bertz CT molecular complexity index is 674. The first kappa shape index (κ1) is 13.6. The Morgan fingerprint density at radius 3 is 1.77 bits per heavy atom. The van der Waals surface area contributed by atoms with E-state index in [0.717, 1.165) is 0 Å². The first-order valence-corrected chi connectivity index (χ1v) is 8.42. The molecule has 2 unspecified atom stereocenters. The van der Waals surface area contributed by atoms with Gasteiger partial charge in [0, 0.05) is 11.8 Å². The molecule has 0 saturated carbocycles. The molecule has 2 aromatic carbocycles. The summed E-state index contributed by atoms with van der Waals surface area (Å²) in [6.45, 7) is 2.31. The molecule has 0 aromatic heterocycles. The Balaban J connectivity index is 1.72. The van der Waals surface area contributed by atoms with Gasteiger partial charge in [-0.05, 0) is 34.6 Å². The molecular formula is C22H22. The predicted octanol–water partition coefficient (Wildman–Crippen LogP) is 6.02. The smallest absolute Gasteiger partial charge is 0.00643 e. The van der Waals surface area contributed by atoms with Crippen molar-refractivity contribution in [1.82, 2.24) is 0 Å². The molecular weight excluding hydrogens is 264 g/mol. The quantitative estimate of drug-likeness (QED) is 0.644. The van der Waals surface area contributed by atoms with Crippen LogP contribution in [0.3, 0.4) is 0 Å². The second kappa shape index (κ2) is 5.61. The molecule has 0 heterocycles. The van der Waals surface area contributed by atoms with Crippen molar-refractivity contribution < 1.29 is 0 Å². The predicted molar refractivity (Wildman–Crippen MR) is 94.8 cm³/mol. The lowest BCUT2D eigenvalue weighted by Crippen LogP contribution is -2.17. The van der Waals surface area contributed by atoms with Gasteiger partial charge in [0.05, 0.1) is 0 Å². The van der Waals surface area contributed by atoms with Crippen molar-refractivity contribution in [3.63, 3.8) is 0 Å². The van der Waals surface area contributed by atoms with Crippen LogP contribution < -0.4 is 0 Å². The Hall–Kier alpha value is -2.08. The molecule has 0 nitrogen and oxygen atoms in total. The van der Waals surface area contributed by atoms with Crippen LogP contribution in [0.5, 0.6) is 0 Å². The molecule has 0 saturated heterocycles. The van der Waals surface area contributed by atoms with Gasteiger partial charge in [0.2, 0.25) is 0 Å². The summed E-state index contributed by atoms with van der Waals surface area (Å²) in [7, 11) is 0. The molecule has 2 atom stereocenters. The average Bonchev–Trinajstić information content (AvgIpc) is 3.17. The average molecular weight is 286 g/mol. The molecule has 4 rings (SSSR count). The Morgan fingerprint density at radius 1 is 0.773 bits per heavy atom. The lowest BCUT2D eigenvalue weighted by molar-refractivity contribution is 0.403. The van der Waals surface area contributed by atoms with Crippen LogP contribution in [0.25, 0.3) is 12.2 Å². The maximum atomic E-state index is 2.43. The Kier molecular flexibility index (Phi) is 3.46. The molecule has 110 valence electrons. The molecule has 0 aliphatic heterocycles. The van der Waals surface area contributed by atoms with Gasteiger partial charge in [0.15, 0.2) is 0 Å². The summed E-state index contributed by atoms with van der Waals surface area (Å²) < 4.78 is 0. The van der Waals surface area contributed by atoms with Crippen molar-refractivity contribution in [1.29, 1.82) is 0 Å². The first-order chi connectivity index (χ1) is 10.9. The second-order valence-electron chi connectivity index (χ2n) is 6.48. The monoisotopic (exact) mass is 286 g/mol. The fraction of sp³-hybridized carbons (Fsp3) is 0.273. The fourth-order valence-electron chi connectivity index (χ4n) is 4.22. The first-order valence-electron chi connectivity index (χ1n) is 8.42. The van der Waals surface area contributed by atoms with Gasteiger partial charge in [0.25, 0.3) is 0 Å². The molecule has 0 amide bonds. The van der Waals surface area contributed by atoms with Crippen LogP contribution in [0, 0.1) is 5.92 Å². The summed E-state index contributed by atoms with van der Waals surface area (Å²) >= 11 is 0. The van der Waals surface area contributed by atoms with Gasteiger partial charge in [-0.15, -0.1) is 0 Å². The largest absolute Gasteiger partial charge is 0.0761 e. The number of benzene rings is 2. The zero-order chi connectivity index (χ0) is 14.9. The van der Waals surface area contributed by atoms with Crippen LogP contribution in [-0.4, -0.2) is 0 Å². The minimum atomic E-state index is 0.553. The van der Waals surface area contributed by atoms with Crippen LogP contribution in [-0.2, 0) is 0 Å². The van der Waals surface area contributed by atoms with Crippen molar-refractivity contribution in [2.75, 3.05) is 0 Å². The number of allylic oxidation sites excluding steroid dienone is 2. The summed E-state index contributed by atoms with van der Waals surface area (Å²) in [6, 6.07) is 17.8. The highest BCUT2D eigenvalue weighted by Gasteiger charge is 2.33. The molecule has 2 aliphatic rings. The van der Waals surface area contributed by atoms with Crippen molar-refractivity contribution in [2.45, 2.75) is 31.6 Å². The Morgan fingerprint density at radius 2 is 1.27 bits per heavy atom. The topological polar surface area (TPSA) is 0 Å². The molecule has 0 N–H and O–H groups in total. The maximum Gasteiger partial charge on any atom is 0.00643 e. The van der Waals surface area contributed by atoms with Crippen LogP contribution >= 0.6 is 0 Å². The molecule has 22 heavy (non-hydrogen) atoms. The van der Waals surface area contributed by atoms with Crippen molar-refractivity contribution in [3.8, 4) is 0 Å². The molecule has 0 radical (unpaired) electrons. The van der Waals surface area contributed by atoms with E-state index in [0.29, 0.717) is 17.8 Å². The molecule has 2 aliphatic carbocycles. The minimum Gasteiger partial charge on any atom is -0.0761 e. The van der Waals surface area contributed by atoms with E-state index in [-0.39, 0.29) is 0 Å². The third kappa shape index (κ3) is 2.14. The summed E-state index contributed by atoms with van der Waals surface area (Å²) in [6.07, 6.45) is 12.0. The molecule has 0 bridgehead atoms. The molecule has 2 aromatic rings. The molecule has 0 spiro atoms. The zero-order valence-electron chi connectivity index (χ0n) is 13.1. The fourth-order valence-corrected chi connectivity index (χ4v) is 4.22. The summed E-state index contributed by atoms with van der Waals surface area (Å²) in [5.41, 5.74) is 5.84. The number of rotatable bonds is 4. The lowest BCUT2D eigenvalue weighted by Gasteiger charge is -2.29. The normalized spacial score (nSPS) is 22.6. The van der Waals surface area contributed by atoms with E-state index in [1.54, 1.807) is 0 Å². The van der Waals surface area contributed by atoms with Crippen LogP contribution in [0.4, 0.5) is 0 Å². The van der Waals surface area contributed by atoms with Crippen molar-refractivity contribution >= 4 is 12.2 Å². The summed E-state index contributed by atoms with van der Waals surface area (Å²) in [5.74, 6) is 1.76. The second-order valence-corrected chi connectivity index (χ2v) is 6.48. The Labute approximate surface area is 133 Å². The third-order valence-electron chi connectivity index (χ3n) is 5.22. The van der Waals surface area contributed by atoms with E-state index < -0.39 is 0 Å². The van der Waals surface area contributed by atoms with E-state index in [1.807, 2.05) is 0 Å². The summed E-state index contributed by atoms with van der Waals surface area (Å²) in [4.78, 5) is 0. The van der Waals surface area contributed by atoms with Gasteiger partial charge in [-0.3, -0.25) is 0 Å². The zero-order valence-corrected chi connectivity index (χ0v) is 13.1. The van der Waals surface area contributed by atoms with Gasteiger partial charge in [0.1, 0.15) is 0 Å². The number of hydrogen-bond donors (Lipinski definition) is 0. The van der Waals surface area contributed by atoms with Crippen molar-refractivity contribution in [2.24, 2.45) is 5.92 Å². The van der Waals surface area contributed by atoms with Gasteiger partial charge in [-0.25, -0.2) is 0 Å². The highest BCUT2D eigenvalue weighted by Crippen LogP contribution is 2.47. The maximum absolute atomic E-state index is 2.43. The van der Waals surface area contributed by atoms with E-state index in [2.05, 4.69) is 79.8 Å². The number of hydrogen-bond acceptors (Lipinski definition) is 0. The SMILES string of the molecule is CCCC(C1C=Cc2ccccc21)C1C=Cc2ccccc21. The highest BCUT2D eigenvalue weighted by atomic mass is 14.4.